The third kappa shape index (κ3) is 3.57. The molecule has 2 aromatic rings. The van der Waals surface area contributed by atoms with Crippen LogP contribution < -0.4 is 0 Å². The van der Waals surface area contributed by atoms with Gasteiger partial charge in [0, 0.05) is 31.2 Å². The first kappa shape index (κ1) is 17.2. The second kappa shape index (κ2) is 7.50. The summed E-state index contributed by atoms with van der Waals surface area (Å²) in [7, 11) is 0. The number of benzene rings is 2. The van der Waals surface area contributed by atoms with Crippen molar-refractivity contribution < 1.29 is 9.90 Å². The van der Waals surface area contributed by atoms with E-state index in [4.69, 9.17) is 5.26 Å². The highest BCUT2D eigenvalue weighted by atomic mass is 16.3. The maximum Gasteiger partial charge on any atom is 0.253 e. The predicted molar refractivity (Wildman–Crippen MR) is 96.2 cm³/mol. The van der Waals surface area contributed by atoms with E-state index >= 15 is 0 Å². The smallest absolute Gasteiger partial charge is 0.253 e. The van der Waals surface area contributed by atoms with Gasteiger partial charge in [0.15, 0.2) is 0 Å². The van der Waals surface area contributed by atoms with E-state index in [1.807, 2.05) is 31.2 Å². The molecule has 3 rings (SSSR count). The third-order valence-corrected chi connectivity index (χ3v) is 5.09. The van der Waals surface area contributed by atoms with Crippen molar-refractivity contribution in [3.05, 3.63) is 70.8 Å². The average Bonchev–Trinajstić information content (AvgIpc) is 2.68. The van der Waals surface area contributed by atoms with Crippen LogP contribution in [0, 0.1) is 24.2 Å². The van der Waals surface area contributed by atoms with Crippen LogP contribution in [0.5, 0.6) is 0 Å². The van der Waals surface area contributed by atoms with Crippen molar-refractivity contribution in [3.63, 3.8) is 0 Å². The molecule has 1 aliphatic heterocycles. The lowest BCUT2D eigenvalue weighted by Crippen LogP contribution is -2.44. The monoisotopic (exact) mass is 334 g/mol. The van der Waals surface area contributed by atoms with Crippen LogP contribution in [0.15, 0.2) is 48.5 Å². The minimum Gasteiger partial charge on any atom is -0.396 e. The van der Waals surface area contributed by atoms with E-state index in [9.17, 15) is 9.90 Å². The molecule has 0 unspecified atom stereocenters. The minimum atomic E-state index is -0.0681. The summed E-state index contributed by atoms with van der Waals surface area (Å²) in [5, 5.41) is 19.0. The van der Waals surface area contributed by atoms with Gasteiger partial charge in [0.2, 0.25) is 0 Å². The number of rotatable bonds is 3. The van der Waals surface area contributed by atoms with Crippen molar-refractivity contribution in [2.45, 2.75) is 19.3 Å². The molecule has 0 aliphatic carbocycles. The molecule has 1 saturated heterocycles. The zero-order valence-corrected chi connectivity index (χ0v) is 14.4. The number of likely N-dealkylation sites (tertiary alicyclic amines) is 1. The normalized spacial score (nSPS) is 20.1. The second-order valence-corrected chi connectivity index (χ2v) is 6.64. The summed E-state index contributed by atoms with van der Waals surface area (Å²) in [6.45, 7) is 3.11. The number of amides is 1. The van der Waals surface area contributed by atoms with Gasteiger partial charge in [0.25, 0.3) is 5.91 Å². The second-order valence-electron chi connectivity index (χ2n) is 6.64. The molecule has 1 heterocycles. The van der Waals surface area contributed by atoms with Crippen LogP contribution in [0.4, 0.5) is 0 Å². The lowest BCUT2D eigenvalue weighted by atomic mass is 9.80. The van der Waals surface area contributed by atoms with E-state index in [-0.39, 0.29) is 24.3 Å². The van der Waals surface area contributed by atoms with Crippen LogP contribution in [-0.2, 0) is 0 Å². The molecule has 1 amide bonds. The van der Waals surface area contributed by atoms with Gasteiger partial charge in [-0.15, -0.1) is 0 Å². The first-order valence-corrected chi connectivity index (χ1v) is 8.60. The largest absolute Gasteiger partial charge is 0.396 e. The summed E-state index contributed by atoms with van der Waals surface area (Å²) in [5.41, 5.74) is 3.16. The first-order chi connectivity index (χ1) is 12.1. The molecule has 0 spiro atoms. The lowest BCUT2D eigenvalue weighted by molar-refractivity contribution is 0.0578. The Morgan fingerprint density at radius 2 is 2.04 bits per heavy atom. The van der Waals surface area contributed by atoms with Crippen LogP contribution in [0.25, 0.3) is 0 Å². The maximum atomic E-state index is 12.8. The predicted octanol–water partition coefficient (Wildman–Crippen LogP) is 3.10. The number of hydrogen-bond donors (Lipinski definition) is 1. The van der Waals surface area contributed by atoms with Crippen molar-refractivity contribution in [2.24, 2.45) is 5.92 Å². The number of piperidine rings is 1. The lowest BCUT2D eigenvalue weighted by Gasteiger charge is -2.38. The van der Waals surface area contributed by atoms with Crippen molar-refractivity contribution in [2.75, 3.05) is 19.7 Å². The Morgan fingerprint density at radius 3 is 2.72 bits per heavy atom. The van der Waals surface area contributed by atoms with Crippen molar-refractivity contribution >= 4 is 5.91 Å². The summed E-state index contributed by atoms with van der Waals surface area (Å²) >= 11 is 0. The van der Waals surface area contributed by atoms with E-state index in [1.54, 1.807) is 17.0 Å². The third-order valence-electron chi connectivity index (χ3n) is 5.09. The van der Waals surface area contributed by atoms with Gasteiger partial charge >= 0.3 is 0 Å². The summed E-state index contributed by atoms with van der Waals surface area (Å²) in [4.78, 5) is 14.6. The maximum absolute atomic E-state index is 12.8. The minimum absolute atomic E-state index is 0.0287. The molecule has 1 N–H and O–H groups in total. The molecule has 1 aliphatic rings. The van der Waals surface area contributed by atoms with E-state index in [0.717, 1.165) is 12.0 Å². The number of hydrogen-bond acceptors (Lipinski definition) is 3. The number of aliphatic hydroxyl groups is 1. The van der Waals surface area contributed by atoms with Gasteiger partial charge in [-0.25, -0.2) is 0 Å². The highest BCUT2D eigenvalue weighted by Gasteiger charge is 2.32. The first-order valence-electron chi connectivity index (χ1n) is 8.60. The molecule has 0 aromatic heterocycles. The Kier molecular flexibility index (Phi) is 5.16. The Balaban J connectivity index is 1.77. The van der Waals surface area contributed by atoms with Gasteiger partial charge in [-0.3, -0.25) is 4.79 Å². The summed E-state index contributed by atoms with van der Waals surface area (Å²) in [6.07, 6.45) is 0.831. The van der Waals surface area contributed by atoms with Gasteiger partial charge in [0.05, 0.1) is 11.6 Å². The van der Waals surface area contributed by atoms with Crippen molar-refractivity contribution in [1.29, 1.82) is 5.26 Å². The zero-order chi connectivity index (χ0) is 17.8. The van der Waals surface area contributed by atoms with E-state index in [0.29, 0.717) is 24.2 Å². The van der Waals surface area contributed by atoms with Gasteiger partial charge in [-0.1, -0.05) is 36.4 Å². The number of aliphatic hydroxyl groups excluding tert-OH is 1. The molecule has 4 nitrogen and oxygen atoms in total. The molecule has 0 saturated carbocycles. The van der Waals surface area contributed by atoms with Gasteiger partial charge < -0.3 is 10.0 Å². The van der Waals surface area contributed by atoms with Crippen LogP contribution >= 0.6 is 0 Å². The number of nitriles is 1. The fraction of sp³-hybridized carbons (Fsp3) is 0.333. The van der Waals surface area contributed by atoms with Gasteiger partial charge in [-0.05, 0) is 42.5 Å². The Morgan fingerprint density at radius 1 is 1.28 bits per heavy atom. The fourth-order valence-electron chi connectivity index (χ4n) is 3.60. The van der Waals surface area contributed by atoms with Crippen LogP contribution in [0.2, 0.25) is 0 Å². The number of aryl methyl sites for hydroxylation is 1. The van der Waals surface area contributed by atoms with Gasteiger partial charge in [0.1, 0.15) is 0 Å². The van der Waals surface area contributed by atoms with Crippen molar-refractivity contribution in [3.8, 4) is 6.07 Å². The molecular weight excluding hydrogens is 312 g/mol. The quantitative estimate of drug-likeness (QED) is 0.938. The van der Waals surface area contributed by atoms with Crippen molar-refractivity contribution in [1.82, 2.24) is 4.90 Å². The summed E-state index contributed by atoms with van der Waals surface area (Å²) in [6, 6.07) is 17.6. The Hall–Kier alpha value is -2.64. The van der Waals surface area contributed by atoms with E-state index in [2.05, 4.69) is 18.2 Å². The Labute approximate surface area is 148 Å². The van der Waals surface area contributed by atoms with Gasteiger partial charge in [-0.2, -0.15) is 5.26 Å². The zero-order valence-electron chi connectivity index (χ0n) is 14.4. The van der Waals surface area contributed by atoms with E-state index in [1.165, 1.54) is 5.56 Å². The SMILES string of the molecule is Cc1ccc(C(=O)N2CC[C@@H](c3ccccc3)[C@@H](CO)C2)cc1C#N. The topological polar surface area (TPSA) is 64.3 Å². The molecular formula is C21H22N2O2. The molecule has 4 heteroatoms. The van der Waals surface area contributed by atoms with E-state index < -0.39 is 0 Å². The molecule has 2 atom stereocenters. The molecule has 2 aromatic carbocycles. The number of nitrogens with zero attached hydrogens (tertiary/aromatic N) is 2. The Bertz CT molecular complexity index is 795. The highest BCUT2D eigenvalue weighted by Crippen LogP contribution is 2.33. The molecule has 128 valence electrons. The van der Waals surface area contributed by atoms with Crippen LogP contribution in [0.1, 0.15) is 39.4 Å². The fourth-order valence-corrected chi connectivity index (χ4v) is 3.60. The van der Waals surface area contributed by atoms with Crippen LogP contribution in [0.3, 0.4) is 0 Å². The molecule has 0 bridgehead atoms. The standard InChI is InChI=1S/C21H22N2O2/c1-15-7-8-17(11-18(15)12-22)21(25)23-10-9-20(19(13-23)14-24)16-5-3-2-4-6-16/h2-8,11,19-20,24H,9-10,13-14H2,1H3/t19-,20+/m1/s1. The number of carbonyl (C=O) groups is 1. The van der Waals surface area contributed by atoms with Crippen LogP contribution in [-0.4, -0.2) is 35.6 Å². The number of carbonyl (C=O) groups excluding carboxylic acids is 1. The summed E-state index contributed by atoms with van der Waals surface area (Å²) in [5.74, 6) is 0.227. The average molecular weight is 334 g/mol. The molecule has 0 radical (unpaired) electrons. The molecule has 1 fully saturated rings. The molecule has 25 heavy (non-hydrogen) atoms. The summed E-state index contributed by atoms with van der Waals surface area (Å²) < 4.78 is 0. The highest BCUT2D eigenvalue weighted by molar-refractivity contribution is 5.94.